The first-order valence-corrected chi connectivity index (χ1v) is 8.38. The van der Waals surface area contributed by atoms with E-state index in [2.05, 4.69) is 5.32 Å². The Balaban J connectivity index is 1.94. The first-order valence-electron chi connectivity index (χ1n) is 7.18. The predicted molar refractivity (Wildman–Crippen MR) is 95.9 cm³/mol. The van der Waals surface area contributed by atoms with E-state index in [-0.39, 0.29) is 16.8 Å². The highest BCUT2D eigenvalue weighted by atomic mass is 35.5. The maximum absolute atomic E-state index is 12.3. The van der Waals surface area contributed by atoms with E-state index in [1.54, 1.807) is 34.9 Å². The molecule has 0 spiro atoms. The molecule has 0 aliphatic heterocycles. The summed E-state index contributed by atoms with van der Waals surface area (Å²) in [6, 6.07) is 12.4. The summed E-state index contributed by atoms with van der Waals surface area (Å²) in [6.45, 7) is 3.95. The van der Waals surface area contributed by atoms with Crippen molar-refractivity contribution in [3.05, 3.63) is 62.7 Å². The van der Waals surface area contributed by atoms with Crippen LogP contribution in [-0.4, -0.2) is 10.5 Å². The fourth-order valence-electron chi connectivity index (χ4n) is 2.45. The number of aromatic nitrogens is 1. The van der Waals surface area contributed by atoms with E-state index in [9.17, 15) is 9.59 Å². The van der Waals surface area contributed by atoms with Crippen molar-refractivity contribution in [2.24, 2.45) is 0 Å². The molecule has 0 radical (unpaired) electrons. The van der Waals surface area contributed by atoms with E-state index >= 15 is 0 Å². The molecule has 23 heavy (non-hydrogen) atoms. The Hall–Kier alpha value is -2.11. The second-order valence-corrected chi connectivity index (χ2v) is 6.85. The third kappa shape index (κ3) is 3.02. The fraction of sp³-hybridized carbons (Fsp3) is 0.176. The summed E-state index contributed by atoms with van der Waals surface area (Å²) in [7, 11) is 0. The van der Waals surface area contributed by atoms with Crippen LogP contribution in [0, 0.1) is 0 Å². The summed E-state index contributed by atoms with van der Waals surface area (Å²) >= 11 is 7.21. The third-order valence-electron chi connectivity index (χ3n) is 3.51. The highest BCUT2D eigenvalue weighted by Gasteiger charge is 2.13. The summed E-state index contributed by atoms with van der Waals surface area (Å²) in [6.07, 6.45) is 0. The van der Waals surface area contributed by atoms with Gasteiger partial charge < -0.3 is 5.32 Å². The van der Waals surface area contributed by atoms with Crippen molar-refractivity contribution in [3.63, 3.8) is 0 Å². The predicted octanol–water partition coefficient (Wildman–Crippen LogP) is 4.55. The molecule has 118 valence electrons. The summed E-state index contributed by atoms with van der Waals surface area (Å²) in [5, 5.41) is 3.23. The van der Waals surface area contributed by atoms with Gasteiger partial charge in [-0.2, -0.15) is 0 Å². The maximum Gasteiger partial charge on any atom is 0.308 e. The topological polar surface area (TPSA) is 51.1 Å². The van der Waals surface area contributed by atoms with Crippen LogP contribution in [0.2, 0.25) is 5.02 Å². The van der Waals surface area contributed by atoms with Gasteiger partial charge in [-0.05, 0) is 44.2 Å². The lowest BCUT2D eigenvalue weighted by atomic mass is 10.2. The number of nitrogens with zero attached hydrogens (tertiary/aromatic N) is 1. The molecule has 1 N–H and O–H groups in total. The SMILES string of the molecule is CC(C)n1c(=O)sc2cc(NC(=O)c3ccccc3Cl)ccc21. The van der Waals surface area contributed by atoms with Gasteiger partial charge in [0.05, 0.1) is 20.8 Å². The van der Waals surface area contributed by atoms with Crippen molar-refractivity contribution in [2.45, 2.75) is 19.9 Å². The van der Waals surface area contributed by atoms with Crippen molar-refractivity contribution >= 4 is 44.7 Å². The highest BCUT2D eigenvalue weighted by molar-refractivity contribution is 7.16. The zero-order valence-corrected chi connectivity index (χ0v) is 14.2. The molecular formula is C17H15ClN2O2S. The van der Waals surface area contributed by atoms with Crippen LogP contribution in [0.25, 0.3) is 10.2 Å². The van der Waals surface area contributed by atoms with Crippen molar-refractivity contribution < 1.29 is 4.79 Å². The summed E-state index contributed by atoms with van der Waals surface area (Å²) < 4.78 is 2.60. The van der Waals surface area contributed by atoms with Gasteiger partial charge in [0.25, 0.3) is 5.91 Å². The Morgan fingerprint density at radius 1 is 1.22 bits per heavy atom. The van der Waals surface area contributed by atoms with E-state index in [1.807, 2.05) is 26.0 Å². The minimum atomic E-state index is -0.273. The van der Waals surface area contributed by atoms with E-state index < -0.39 is 0 Å². The second-order valence-electron chi connectivity index (χ2n) is 5.45. The van der Waals surface area contributed by atoms with Gasteiger partial charge in [0, 0.05) is 11.7 Å². The molecule has 0 fully saturated rings. The molecule has 0 saturated heterocycles. The molecule has 0 aliphatic carbocycles. The van der Waals surface area contributed by atoms with Crippen LogP contribution in [0.5, 0.6) is 0 Å². The van der Waals surface area contributed by atoms with Gasteiger partial charge in [0.2, 0.25) is 0 Å². The third-order valence-corrected chi connectivity index (χ3v) is 4.75. The molecule has 6 heteroatoms. The summed E-state index contributed by atoms with van der Waals surface area (Å²) in [5.74, 6) is -0.273. The molecule has 3 rings (SSSR count). The fourth-order valence-corrected chi connectivity index (χ4v) is 3.72. The number of carbonyl (C=O) groups is 1. The number of hydrogen-bond acceptors (Lipinski definition) is 3. The highest BCUT2D eigenvalue weighted by Crippen LogP contribution is 2.25. The number of carbonyl (C=O) groups excluding carboxylic acids is 1. The van der Waals surface area contributed by atoms with Gasteiger partial charge in [0.15, 0.2) is 0 Å². The number of thiazole rings is 1. The number of benzene rings is 2. The largest absolute Gasteiger partial charge is 0.322 e. The standard InChI is InChI=1S/C17H15ClN2O2S/c1-10(2)20-14-8-7-11(9-15(14)23-17(20)22)19-16(21)12-5-3-4-6-13(12)18/h3-10H,1-2H3,(H,19,21). The molecule has 4 nitrogen and oxygen atoms in total. The normalized spacial score (nSPS) is 11.1. The summed E-state index contributed by atoms with van der Waals surface area (Å²) in [5.41, 5.74) is 1.94. The molecule has 0 saturated carbocycles. The zero-order valence-electron chi connectivity index (χ0n) is 12.7. The lowest BCUT2D eigenvalue weighted by Crippen LogP contribution is -2.14. The van der Waals surface area contributed by atoms with Crippen LogP contribution in [0.1, 0.15) is 30.2 Å². The number of amides is 1. The van der Waals surface area contributed by atoms with Crippen LogP contribution in [0.15, 0.2) is 47.3 Å². The van der Waals surface area contributed by atoms with Crippen molar-refractivity contribution in [1.82, 2.24) is 4.57 Å². The molecule has 1 heterocycles. The minimum absolute atomic E-state index is 0.00424. The first-order chi connectivity index (χ1) is 11.0. The van der Waals surface area contributed by atoms with E-state index in [1.165, 1.54) is 11.3 Å². The van der Waals surface area contributed by atoms with Crippen LogP contribution in [-0.2, 0) is 0 Å². The van der Waals surface area contributed by atoms with Crippen LogP contribution in [0.4, 0.5) is 5.69 Å². The molecule has 0 unspecified atom stereocenters. The molecule has 0 aliphatic rings. The minimum Gasteiger partial charge on any atom is -0.322 e. The molecule has 2 aromatic carbocycles. The van der Waals surface area contributed by atoms with Gasteiger partial charge in [-0.1, -0.05) is 35.1 Å². The Labute approximate surface area is 142 Å². The lowest BCUT2D eigenvalue weighted by molar-refractivity contribution is 0.102. The molecule has 0 atom stereocenters. The molecular weight excluding hydrogens is 332 g/mol. The van der Waals surface area contributed by atoms with Gasteiger partial charge in [-0.15, -0.1) is 0 Å². The Bertz CT molecular complexity index is 943. The molecule has 1 amide bonds. The van der Waals surface area contributed by atoms with E-state index in [0.29, 0.717) is 16.3 Å². The van der Waals surface area contributed by atoms with Gasteiger partial charge in [0.1, 0.15) is 0 Å². The number of rotatable bonds is 3. The zero-order chi connectivity index (χ0) is 16.6. The van der Waals surface area contributed by atoms with Crippen molar-refractivity contribution in [2.75, 3.05) is 5.32 Å². The van der Waals surface area contributed by atoms with Gasteiger partial charge in [-0.25, -0.2) is 0 Å². The first kappa shape index (κ1) is 15.8. The van der Waals surface area contributed by atoms with Crippen LogP contribution in [0.3, 0.4) is 0 Å². The van der Waals surface area contributed by atoms with Gasteiger partial charge >= 0.3 is 4.87 Å². The van der Waals surface area contributed by atoms with E-state index in [0.717, 1.165) is 10.2 Å². The number of halogens is 1. The molecule has 3 aromatic rings. The number of fused-ring (bicyclic) bond motifs is 1. The number of hydrogen-bond donors (Lipinski definition) is 1. The maximum atomic E-state index is 12.3. The van der Waals surface area contributed by atoms with Gasteiger partial charge in [-0.3, -0.25) is 14.2 Å². The smallest absolute Gasteiger partial charge is 0.308 e. The quantitative estimate of drug-likeness (QED) is 0.756. The summed E-state index contributed by atoms with van der Waals surface area (Å²) in [4.78, 5) is 24.4. The second kappa shape index (κ2) is 6.18. The monoisotopic (exact) mass is 346 g/mol. The van der Waals surface area contributed by atoms with Crippen LogP contribution < -0.4 is 10.2 Å². The molecule has 0 bridgehead atoms. The van der Waals surface area contributed by atoms with Crippen molar-refractivity contribution in [1.29, 1.82) is 0 Å². The Morgan fingerprint density at radius 3 is 2.65 bits per heavy atom. The number of anilines is 1. The lowest BCUT2D eigenvalue weighted by Gasteiger charge is -2.09. The van der Waals surface area contributed by atoms with Crippen LogP contribution >= 0.6 is 22.9 Å². The Kier molecular flexibility index (Phi) is 4.24. The van der Waals surface area contributed by atoms with E-state index in [4.69, 9.17) is 11.6 Å². The average Bonchev–Trinajstić information content (AvgIpc) is 2.82. The van der Waals surface area contributed by atoms with Crippen molar-refractivity contribution in [3.8, 4) is 0 Å². The Morgan fingerprint density at radius 2 is 1.96 bits per heavy atom. The molecule has 1 aromatic heterocycles. The number of nitrogens with one attached hydrogen (secondary N) is 1. The average molecular weight is 347 g/mol.